The minimum Gasteiger partial charge on any atom is -0.497 e. The van der Waals surface area contributed by atoms with Gasteiger partial charge in [-0.3, -0.25) is 9.59 Å². The fourth-order valence-corrected chi connectivity index (χ4v) is 4.78. The molecule has 1 atom stereocenters. The van der Waals surface area contributed by atoms with Gasteiger partial charge in [-0.05, 0) is 30.3 Å². The van der Waals surface area contributed by atoms with Gasteiger partial charge in [0.05, 0.1) is 47.5 Å². The number of rotatable bonds is 7. The van der Waals surface area contributed by atoms with E-state index in [1.54, 1.807) is 56.7 Å². The Morgan fingerprint density at radius 2 is 1.47 bits per heavy atom. The summed E-state index contributed by atoms with van der Waals surface area (Å²) in [6.45, 7) is 0. The number of hydrogen-bond acceptors (Lipinski definition) is 9. The van der Waals surface area contributed by atoms with Crippen molar-refractivity contribution >= 4 is 17.8 Å². The van der Waals surface area contributed by atoms with Crippen LogP contribution in [0.3, 0.4) is 0 Å². The molecule has 0 spiro atoms. The van der Waals surface area contributed by atoms with Gasteiger partial charge in [0.2, 0.25) is 5.78 Å². The van der Waals surface area contributed by atoms with Crippen molar-refractivity contribution in [2.75, 3.05) is 35.5 Å². The van der Waals surface area contributed by atoms with Crippen LogP contribution in [0.4, 0.5) is 0 Å². The zero-order valence-electron chi connectivity index (χ0n) is 21.6. The molecule has 5 rings (SSSR count). The molecule has 1 unspecified atom stereocenters. The highest BCUT2D eigenvalue weighted by Gasteiger charge is 2.39. The van der Waals surface area contributed by atoms with Gasteiger partial charge in [0.15, 0.2) is 17.3 Å². The average molecular weight is 519 g/mol. The van der Waals surface area contributed by atoms with Gasteiger partial charge >= 0.3 is 5.97 Å². The monoisotopic (exact) mass is 518 g/mol. The number of methoxy groups -OCH3 is 5. The fraction of sp³-hybridized carbons (Fsp3) is 0.241. The molecule has 3 aromatic carbocycles. The molecule has 2 heterocycles. The number of ketones is 1. The van der Waals surface area contributed by atoms with Crippen LogP contribution in [-0.4, -0.2) is 47.3 Å². The highest BCUT2D eigenvalue weighted by atomic mass is 16.5. The van der Waals surface area contributed by atoms with Gasteiger partial charge in [-0.2, -0.15) is 0 Å². The van der Waals surface area contributed by atoms with Gasteiger partial charge in [0.1, 0.15) is 28.7 Å². The van der Waals surface area contributed by atoms with Crippen LogP contribution in [0, 0.1) is 0 Å². The van der Waals surface area contributed by atoms with Gasteiger partial charge in [-0.1, -0.05) is 6.07 Å². The molecule has 9 heteroatoms. The van der Waals surface area contributed by atoms with Crippen LogP contribution in [0.15, 0.2) is 48.2 Å². The van der Waals surface area contributed by atoms with Crippen molar-refractivity contribution in [3.05, 3.63) is 70.5 Å². The topological polar surface area (TPSA) is 98.8 Å². The van der Waals surface area contributed by atoms with E-state index in [1.807, 2.05) is 6.07 Å². The molecule has 0 saturated carbocycles. The van der Waals surface area contributed by atoms with E-state index in [-0.39, 0.29) is 18.0 Å². The molecule has 0 aromatic heterocycles. The third-order valence-corrected chi connectivity index (χ3v) is 6.62. The lowest BCUT2D eigenvalue weighted by Crippen LogP contribution is -2.22. The molecule has 9 nitrogen and oxygen atoms in total. The molecule has 0 bridgehead atoms. The van der Waals surface area contributed by atoms with E-state index in [4.69, 9.17) is 33.2 Å². The van der Waals surface area contributed by atoms with E-state index in [0.717, 1.165) is 5.56 Å². The Hall–Kier alpha value is -4.66. The third kappa shape index (κ3) is 4.15. The van der Waals surface area contributed by atoms with Crippen molar-refractivity contribution in [3.8, 4) is 40.2 Å². The Bertz CT molecular complexity index is 1470. The fourth-order valence-electron chi connectivity index (χ4n) is 4.78. The van der Waals surface area contributed by atoms with E-state index < -0.39 is 11.9 Å². The number of fused-ring (bicyclic) bond motifs is 3. The Balaban J connectivity index is 1.62. The highest BCUT2D eigenvalue weighted by Crippen LogP contribution is 2.51. The van der Waals surface area contributed by atoms with Crippen molar-refractivity contribution in [1.82, 2.24) is 0 Å². The molecule has 0 aliphatic carbocycles. The van der Waals surface area contributed by atoms with Gasteiger partial charge in [-0.15, -0.1) is 0 Å². The number of esters is 1. The van der Waals surface area contributed by atoms with Crippen molar-refractivity contribution in [1.29, 1.82) is 0 Å². The maximum Gasteiger partial charge on any atom is 0.312 e. The summed E-state index contributed by atoms with van der Waals surface area (Å²) in [6.07, 6.45) is 1.64. The van der Waals surface area contributed by atoms with E-state index in [1.165, 1.54) is 21.3 Å². The number of carbonyl (C=O) groups is 2. The second-order valence-corrected chi connectivity index (χ2v) is 8.58. The minimum atomic E-state index is -0.468. The molecule has 0 N–H and O–H groups in total. The number of allylic oxidation sites excluding steroid dienone is 1. The summed E-state index contributed by atoms with van der Waals surface area (Å²) in [6, 6.07) is 12.0. The van der Waals surface area contributed by atoms with Crippen LogP contribution in [0.2, 0.25) is 0 Å². The predicted molar refractivity (Wildman–Crippen MR) is 137 cm³/mol. The van der Waals surface area contributed by atoms with Crippen LogP contribution in [0.5, 0.6) is 40.2 Å². The maximum absolute atomic E-state index is 13.4. The number of hydrogen-bond donors (Lipinski definition) is 0. The van der Waals surface area contributed by atoms with Gasteiger partial charge in [0, 0.05) is 34.7 Å². The van der Waals surface area contributed by atoms with Crippen LogP contribution in [-0.2, 0) is 4.79 Å². The summed E-state index contributed by atoms with van der Waals surface area (Å²) in [5, 5.41) is 0. The summed E-state index contributed by atoms with van der Waals surface area (Å²) < 4.78 is 38.9. The molecule has 2 aliphatic rings. The number of Topliss-reactive ketones (excluding diaryl/α,β-unsaturated/α-hetero) is 1. The molecule has 0 amide bonds. The van der Waals surface area contributed by atoms with Gasteiger partial charge in [-0.25, -0.2) is 0 Å². The second kappa shape index (κ2) is 10.0. The van der Waals surface area contributed by atoms with Crippen LogP contribution in [0.25, 0.3) is 6.08 Å². The quantitative estimate of drug-likeness (QED) is 0.248. The lowest BCUT2D eigenvalue weighted by atomic mass is 9.84. The first-order chi connectivity index (χ1) is 18.4. The molecule has 2 aliphatic heterocycles. The van der Waals surface area contributed by atoms with E-state index in [9.17, 15) is 9.59 Å². The first kappa shape index (κ1) is 25.0. The lowest BCUT2D eigenvalue weighted by molar-refractivity contribution is -0.135. The normalized spacial score (nSPS) is 16.8. The highest BCUT2D eigenvalue weighted by molar-refractivity contribution is 6.15. The van der Waals surface area contributed by atoms with Crippen molar-refractivity contribution in [2.24, 2.45) is 0 Å². The van der Waals surface area contributed by atoms with Crippen LogP contribution < -0.4 is 33.2 Å². The second-order valence-electron chi connectivity index (χ2n) is 8.58. The van der Waals surface area contributed by atoms with Gasteiger partial charge in [0.25, 0.3) is 0 Å². The third-order valence-electron chi connectivity index (χ3n) is 6.62. The van der Waals surface area contributed by atoms with Gasteiger partial charge < -0.3 is 33.2 Å². The lowest BCUT2D eigenvalue weighted by Gasteiger charge is -2.27. The molecule has 0 fully saturated rings. The van der Waals surface area contributed by atoms with Crippen molar-refractivity contribution in [3.63, 3.8) is 0 Å². The predicted octanol–water partition coefficient (Wildman–Crippen LogP) is 4.79. The number of carbonyl (C=O) groups excluding carboxylic acids is 2. The summed E-state index contributed by atoms with van der Waals surface area (Å²) in [7, 11) is 7.69. The standard InChI is InChI=1S/C29H26O9/c1-32-16-6-7-17(22(12-16)34-3)19-13-26(30)37-20-9-8-18-28(31)25(38-29(18)27(19)20)11-15-10-23(35-4)24(36-5)14-21(15)33-2/h6-12,14,19H,13H2,1-5H3/b25-11+. The summed E-state index contributed by atoms with van der Waals surface area (Å²) in [5.41, 5.74) is 2.27. The Kier molecular flexibility index (Phi) is 6.59. The van der Waals surface area contributed by atoms with Crippen LogP contribution in [0.1, 0.15) is 39.4 Å². The Morgan fingerprint density at radius 3 is 2.16 bits per heavy atom. The summed E-state index contributed by atoms with van der Waals surface area (Å²) in [4.78, 5) is 26.0. The van der Waals surface area contributed by atoms with E-state index >= 15 is 0 Å². The smallest absolute Gasteiger partial charge is 0.312 e. The van der Waals surface area contributed by atoms with E-state index in [0.29, 0.717) is 56.9 Å². The molecule has 0 radical (unpaired) electrons. The minimum absolute atomic E-state index is 0.0479. The molecular formula is C29H26O9. The molecule has 3 aromatic rings. The maximum atomic E-state index is 13.4. The molecule has 38 heavy (non-hydrogen) atoms. The first-order valence-electron chi connectivity index (χ1n) is 11.8. The molecule has 196 valence electrons. The summed E-state index contributed by atoms with van der Waals surface area (Å²) in [5.74, 6) is 2.19. The Morgan fingerprint density at radius 1 is 0.763 bits per heavy atom. The molecule has 0 saturated heterocycles. The SMILES string of the molecule is COc1ccc(C2CC(=O)Oc3ccc4c(c32)O/C(=C/c2cc(OC)c(OC)cc2OC)C4=O)c(OC)c1. The van der Waals surface area contributed by atoms with Crippen LogP contribution >= 0.6 is 0 Å². The zero-order valence-corrected chi connectivity index (χ0v) is 21.6. The van der Waals surface area contributed by atoms with Crippen molar-refractivity contribution < 1.29 is 42.7 Å². The zero-order chi connectivity index (χ0) is 27.0. The summed E-state index contributed by atoms with van der Waals surface area (Å²) >= 11 is 0. The van der Waals surface area contributed by atoms with Crippen molar-refractivity contribution in [2.45, 2.75) is 12.3 Å². The first-order valence-corrected chi connectivity index (χ1v) is 11.8. The largest absolute Gasteiger partial charge is 0.497 e. The van der Waals surface area contributed by atoms with E-state index in [2.05, 4.69) is 0 Å². The Labute approximate surface area is 219 Å². The number of ether oxygens (including phenoxy) is 7. The average Bonchev–Trinajstić information content (AvgIpc) is 3.26. The number of benzene rings is 3. The molecular weight excluding hydrogens is 492 g/mol.